The molecule has 0 saturated heterocycles. The first-order valence-electron chi connectivity index (χ1n) is 4.05. The molecule has 0 radical (unpaired) electrons. The van der Waals surface area contributed by atoms with Gasteiger partial charge in [-0.3, -0.25) is 0 Å². The number of carboxylic acid groups (broad SMARTS) is 1. The molecule has 8 heteroatoms. The summed E-state index contributed by atoms with van der Waals surface area (Å²) in [5, 5.41) is 12.0. The predicted molar refractivity (Wildman–Crippen MR) is 44.9 cm³/mol. The molecular formula is C8H4F3N3O2. The quantitative estimate of drug-likeness (QED) is 0.806. The lowest BCUT2D eigenvalue weighted by Crippen LogP contribution is -2.05. The van der Waals surface area contributed by atoms with Gasteiger partial charge in [0, 0.05) is 6.20 Å². The van der Waals surface area contributed by atoms with Gasteiger partial charge < -0.3 is 5.11 Å². The van der Waals surface area contributed by atoms with Gasteiger partial charge in [0.1, 0.15) is 0 Å². The molecule has 0 bridgehead atoms. The number of carboxylic acids is 1. The van der Waals surface area contributed by atoms with Gasteiger partial charge in [-0.2, -0.15) is 13.2 Å². The number of pyridine rings is 1. The van der Waals surface area contributed by atoms with Crippen molar-refractivity contribution in [1.82, 2.24) is 14.6 Å². The molecule has 2 aromatic heterocycles. The van der Waals surface area contributed by atoms with E-state index in [1.165, 1.54) is 0 Å². The van der Waals surface area contributed by atoms with Gasteiger partial charge in [-0.1, -0.05) is 0 Å². The van der Waals surface area contributed by atoms with Crippen molar-refractivity contribution in [2.75, 3.05) is 0 Å². The minimum Gasteiger partial charge on any atom is -0.475 e. The Morgan fingerprint density at radius 2 is 2.12 bits per heavy atom. The molecule has 0 unspecified atom stereocenters. The molecule has 0 amide bonds. The fourth-order valence-corrected chi connectivity index (χ4v) is 1.15. The van der Waals surface area contributed by atoms with Crippen LogP contribution in [0.2, 0.25) is 0 Å². The first-order chi connectivity index (χ1) is 7.38. The topological polar surface area (TPSA) is 67.5 Å². The molecule has 0 fully saturated rings. The zero-order valence-corrected chi connectivity index (χ0v) is 7.56. The summed E-state index contributed by atoms with van der Waals surface area (Å²) in [5.41, 5.74) is -1.06. The van der Waals surface area contributed by atoms with Crippen molar-refractivity contribution in [2.45, 2.75) is 6.18 Å². The summed E-state index contributed by atoms with van der Waals surface area (Å²) in [6.45, 7) is 0. The molecule has 0 saturated carbocycles. The van der Waals surface area contributed by atoms with Gasteiger partial charge in [-0.15, -0.1) is 5.10 Å². The first kappa shape index (κ1) is 10.4. The number of fused-ring (bicyclic) bond motifs is 1. The fraction of sp³-hybridized carbons (Fsp3) is 0.125. The third-order valence-corrected chi connectivity index (χ3v) is 1.86. The number of hydrogen-bond donors (Lipinski definition) is 1. The van der Waals surface area contributed by atoms with Gasteiger partial charge in [0.2, 0.25) is 0 Å². The lowest BCUT2D eigenvalue weighted by atomic mass is 10.2. The van der Waals surface area contributed by atoms with E-state index in [0.29, 0.717) is 0 Å². The van der Waals surface area contributed by atoms with Crippen molar-refractivity contribution in [3.05, 3.63) is 29.7 Å². The highest BCUT2D eigenvalue weighted by Gasteiger charge is 2.31. The van der Waals surface area contributed by atoms with E-state index < -0.39 is 23.5 Å². The van der Waals surface area contributed by atoms with Crippen molar-refractivity contribution < 1.29 is 23.1 Å². The van der Waals surface area contributed by atoms with Crippen molar-refractivity contribution in [1.29, 1.82) is 0 Å². The summed E-state index contributed by atoms with van der Waals surface area (Å²) >= 11 is 0. The second kappa shape index (κ2) is 3.19. The molecule has 1 N–H and O–H groups in total. The van der Waals surface area contributed by atoms with E-state index in [1.807, 2.05) is 0 Å². The van der Waals surface area contributed by atoms with Crippen molar-refractivity contribution in [3.8, 4) is 0 Å². The van der Waals surface area contributed by atoms with Crippen LogP contribution in [0, 0.1) is 0 Å². The van der Waals surface area contributed by atoms with Crippen molar-refractivity contribution in [2.24, 2.45) is 0 Å². The van der Waals surface area contributed by atoms with E-state index in [-0.39, 0.29) is 5.65 Å². The summed E-state index contributed by atoms with van der Waals surface area (Å²) in [4.78, 5) is 13.9. The van der Waals surface area contributed by atoms with E-state index in [2.05, 4.69) is 10.1 Å². The average molecular weight is 231 g/mol. The lowest BCUT2D eigenvalue weighted by Gasteiger charge is -2.05. The van der Waals surface area contributed by atoms with Gasteiger partial charge in [-0.25, -0.2) is 14.3 Å². The summed E-state index contributed by atoms with van der Waals surface area (Å²) in [5.74, 6) is -1.93. The van der Waals surface area contributed by atoms with Crippen molar-refractivity contribution in [3.63, 3.8) is 0 Å². The Hall–Kier alpha value is -2.12. The molecule has 2 aromatic rings. The second-order valence-electron chi connectivity index (χ2n) is 2.96. The van der Waals surface area contributed by atoms with E-state index in [0.717, 1.165) is 22.8 Å². The standard InChI is InChI=1S/C8H4F3N3O2/c9-8(10,11)4-1-2-14-5(3-4)12-6(13-14)7(15)16/h1-3H,(H,15,16). The maximum atomic E-state index is 12.3. The van der Waals surface area contributed by atoms with Crippen molar-refractivity contribution >= 4 is 11.6 Å². The molecule has 84 valence electrons. The van der Waals surface area contributed by atoms with Crippen LogP contribution in [-0.4, -0.2) is 25.7 Å². The molecule has 0 atom stereocenters. The number of aromatic carboxylic acids is 1. The highest BCUT2D eigenvalue weighted by molar-refractivity contribution is 5.83. The molecular weight excluding hydrogens is 227 g/mol. The molecule has 0 aliphatic heterocycles. The monoisotopic (exact) mass is 231 g/mol. The summed E-state index contributed by atoms with van der Waals surface area (Å²) in [6.07, 6.45) is -3.48. The SMILES string of the molecule is O=C(O)c1nc2cc(C(F)(F)F)ccn2n1. The lowest BCUT2D eigenvalue weighted by molar-refractivity contribution is -0.137. The average Bonchev–Trinajstić information content (AvgIpc) is 2.58. The van der Waals surface area contributed by atoms with Crippen LogP contribution < -0.4 is 0 Å². The van der Waals surface area contributed by atoms with Crippen LogP contribution in [0.5, 0.6) is 0 Å². The van der Waals surface area contributed by atoms with Crippen LogP contribution in [0.15, 0.2) is 18.3 Å². The van der Waals surface area contributed by atoms with Crippen LogP contribution in [-0.2, 0) is 6.18 Å². The Morgan fingerprint density at radius 3 is 2.69 bits per heavy atom. The van der Waals surface area contributed by atoms with Gasteiger partial charge >= 0.3 is 12.1 Å². The Bertz CT molecular complexity index is 561. The normalized spacial score (nSPS) is 11.9. The van der Waals surface area contributed by atoms with Gasteiger partial charge in [0.15, 0.2) is 5.65 Å². The third kappa shape index (κ3) is 1.69. The molecule has 5 nitrogen and oxygen atoms in total. The van der Waals surface area contributed by atoms with Crippen LogP contribution >= 0.6 is 0 Å². The predicted octanol–water partition coefficient (Wildman–Crippen LogP) is 1.45. The van der Waals surface area contributed by atoms with Gasteiger partial charge in [0.05, 0.1) is 5.56 Å². The van der Waals surface area contributed by atoms with E-state index in [1.54, 1.807) is 0 Å². The molecule has 0 spiro atoms. The fourth-order valence-electron chi connectivity index (χ4n) is 1.15. The number of carbonyl (C=O) groups is 1. The highest BCUT2D eigenvalue weighted by Crippen LogP contribution is 2.29. The Balaban J connectivity index is 2.58. The number of hydrogen-bond acceptors (Lipinski definition) is 3. The summed E-state index contributed by atoms with van der Waals surface area (Å²) in [7, 11) is 0. The molecule has 0 aliphatic carbocycles. The Kier molecular flexibility index (Phi) is 2.07. The van der Waals surface area contributed by atoms with Gasteiger partial charge in [0.25, 0.3) is 5.82 Å². The smallest absolute Gasteiger partial charge is 0.416 e. The second-order valence-corrected chi connectivity index (χ2v) is 2.96. The Morgan fingerprint density at radius 1 is 1.44 bits per heavy atom. The number of rotatable bonds is 1. The van der Waals surface area contributed by atoms with E-state index in [4.69, 9.17) is 5.11 Å². The number of nitrogens with zero attached hydrogens (tertiary/aromatic N) is 3. The maximum absolute atomic E-state index is 12.3. The Labute approximate surface area is 86.1 Å². The van der Waals surface area contributed by atoms with Crippen LogP contribution in [0.3, 0.4) is 0 Å². The molecule has 0 aliphatic rings. The minimum atomic E-state index is -4.49. The number of halogens is 3. The minimum absolute atomic E-state index is 0.160. The molecule has 2 rings (SSSR count). The zero-order valence-electron chi connectivity index (χ0n) is 7.56. The van der Waals surface area contributed by atoms with Gasteiger partial charge in [-0.05, 0) is 12.1 Å². The van der Waals surface area contributed by atoms with E-state index >= 15 is 0 Å². The maximum Gasteiger partial charge on any atom is 0.416 e. The largest absolute Gasteiger partial charge is 0.475 e. The molecule has 2 heterocycles. The summed E-state index contributed by atoms with van der Waals surface area (Å²) in [6, 6.07) is 1.53. The zero-order chi connectivity index (χ0) is 11.9. The first-order valence-corrected chi connectivity index (χ1v) is 4.05. The van der Waals surface area contributed by atoms with Crippen LogP contribution in [0.4, 0.5) is 13.2 Å². The van der Waals surface area contributed by atoms with Crippen LogP contribution in [0.1, 0.15) is 16.2 Å². The number of aromatic nitrogens is 3. The molecule has 0 aromatic carbocycles. The summed E-state index contributed by atoms with van der Waals surface area (Å²) < 4.78 is 37.9. The third-order valence-electron chi connectivity index (χ3n) is 1.86. The van der Waals surface area contributed by atoms with Crippen LogP contribution in [0.25, 0.3) is 5.65 Å². The van der Waals surface area contributed by atoms with E-state index in [9.17, 15) is 18.0 Å². The number of alkyl halides is 3. The molecule has 16 heavy (non-hydrogen) atoms. The highest BCUT2D eigenvalue weighted by atomic mass is 19.4.